The normalized spacial score (nSPS) is 8.38. The average molecular weight is 254 g/mol. The summed E-state index contributed by atoms with van der Waals surface area (Å²) in [6.45, 7) is 9.09. The number of rotatable bonds is 1. The molecule has 0 fully saturated rings. The zero-order chi connectivity index (χ0) is 9.56. The molecular weight excluding hydrogens is 239 g/mol. The molecule has 2 nitrogen and oxygen atoms in total. The molecule has 0 aliphatic heterocycles. The first-order chi connectivity index (χ1) is 5.70. The summed E-state index contributed by atoms with van der Waals surface area (Å²) in [7, 11) is 0. The minimum atomic E-state index is -0.0776. The van der Waals surface area contributed by atoms with E-state index in [0.717, 1.165) is 5.56 Å². The maximum absolute atomic E-state index is 10.7. The van der Waals surface area contributed by atoms with E-state index in [2.05, 4.69) is 18.1 Å². The predicted octanol–water partition coefficient (Wildman–Crippen LogP) is 2.14. The van der Waals surface area contributed by atoms with Crippen LogP contribution < -0.4 is 5.56 Å². The fourth-order valence-corrected chi connectivity index (χ4v) is 0.753. The molecule has 71 valence electrons. The van der Waals surface area contributed by atoms with Gasteiger partial charge in [-0.3, -0.25) is 0 Å². The molecule has 1 radical (unpaired) electrons. The van der Waals surface area contributed by atoms with Crippen molar-refractivity contribution in [3.05, 3.63) is 41.2 Å². The molecule has 1 rings (SSSR count). The largest absolute Gasteiger partial charge is 0.437 e. The van der Waals surface area contributed by atoms with Gasteiger partial charge in [0, 0.05) is 32.7 Å². The molecule has 1 aromatic rings. The molecule has 0 unspecified atom stereocenters. The SMILES string of the molecule is CC(C)c1c[c-][nH]c(=O)c1.[CH2-]C.[Y]. The van der Waals surface area contributed by atoms with E-state index in [4.69, 9.17) is 0 Å². The van der Waals surface area contributed by atoms with Crippen LogP contribution in [0, 0.1) is 13.1 Å². The molecular formula is C10H15NOY-2. The van der Waals surface area contributed by atoms with Crippen molar-refractivity contribution in [2.75, 3.05) is 0 Å². The summed E-state index contributed by atoms with van der Waals surface area (Å²) < 4.78 is 0. The molecule has 0 saturated carbocycles. The molecule has 0 amide bonds. The first-order valence-corrected chi connectivity index (χ1v) is 4.01. The Labute approximate surface area is 105 Å². The van der Waals surface area contributed by atoms with Crippen molar-refractivity contribution in [1.82, 2.24) is 4.98 Å². The Bertz CT molecular complexity index is 268. The number of H-pyrrole nitrogens is 1. The Kier molecular flexibility index (Phi) is 10.3. The maximum atomic E-state index is 10.7. The standard InChI is InChI=1S/C8H10NO.C2H5.Y/c1-6(2)7-3-4-9-8(10)5-7;1-2;/h3,5-6H,1-2H3,(H,9,10);1H2,2H3;/q2*-1;. The summed E-state index contributed by atoms with van der Waals surface area (Å²) in [5.41, 5.74) is 0.954. The first-order valence-electron chi connectivity index (χ1n) is 4.01. The molecule has 1 heterocycles. The molecule has 0 bridgehead atoms. The van der Waals surface area contributed by atoms with E-state index in [1.807, 2.05) is 13.8 Å². The summed E-state index contributed by atoms with van der Waals surface area (Å²) >= 11 is 0. The van der Waals surface area contributed by atoms with E-state index in [1.165, 1.54) is 0 Å². The minimum absolute atomic E-state index is 0. The maximum Gasteiger partial charge on any atom is 0.133 e. The third kappa shape index (κ3) is 6.17. The summed E-state index contributed by atoms with van der Waals surface area (Å²) in [4.78, 5) is 13.2. The third-order valence-electron chi connectivity index (χ3n) is 1.40. The Balaban J connectivity index is 0. The van der Waals surface area contributed by atoms with E-state index in [-0.39, 0.29) is 38.3 Å². The Morgan fingerprint density at radius 1 is 1.46 bits per heavy atom. The first kappa shape index (κ1) is 15.5. The van der Waals surface area contributed by atoms with E-state index in [0.29, 0.717) is 5.92 Å². The fourth-order valence-electron chi connectivity index (χ4n) is 0.753. The number of pyridine rings is 1. The van der Waals surface area contributed by atoms with Gasteiger partial charge in [-0.25, -0.2) is 0 Å². The summed E-state index contributed by atoms with van der Waals surface area (Å²) in [5, 5.41) is 0. The predicted molar refractivity (Wildman–Crippen MR) is 51.0 cm³/mol. The van der Waals surface area contributed by atoms with E-state index >= 15 is 0 Å². The molecule has 0 atom stereocenters. The van der Waals surface area contributed by atoms with Crippen molar-refractivity contribution in [3.8, 4) is 0 Å². The molecule has 0 aliphatic rings. The quantitative estimate of drug-likeness (QED) is 0.765. The van der Waals surface area contributed by atoms with E-state index < -0.39 is 0 Å². The van der Waals surface area contributed by atoms with Crippen molar-refractivity contribution >= 4 is 0 Å². The van der Waals surface area contributed by atoms with Gasteiger partial charge in [0.25, 0.3) is 0 Å². The Hall–Kier alpha value is 0.0539. The number of aromatic amines is 1. The van der Waals surface area contributed by atoms with Gasteiger partial charge in [-0.05, 0) is 0 Å². The van der Waals surface area contributed by atoms with Gasteiger partial charge in [-0.1, -0.05) is 19.8 Å². The smallest absolute Gasteiger partial charge is 0.133 e. The third-order valence-corrected chi connectivity index (χ3v) is 1.40. The minimum Gasteiger partial charge on any atom is -0.437 e. The molecule has 3 heteroatoms. The van der Waals surface area contributed by atoms with Crippen molar-refractivity contribution < 1.29 is 32.7 Å². The van der Waals surface area contributed by atoms with Crippen LogP contribution in [0.2, 0.25) is 0 Å². The van der Waals surface area contributed by atoms with Gasteiger partial charge >= 0.3 is 0 Å². The molecule has 1 aromatic heterocycles. The zero-order valence-electron chi connectivity index (χ0n) is 8.42. The van der Waals surface area contributed by atoms with Crippen molar-refractivity contribution in [3.63, 3.8) is 0 Å². The van der Waals surface area contributed by atoms with Gasteiger partial charge in [0.2, 0.25) is 0 Å². The van der Waals surface area contributed by atoms with Crippen LogP contribution >= 0.6 is 0 Å². The van der Waals surface area contributed by atoms with Crippen LogP contribution in [-0.2, 0) is 32.7 Å². The van der Waals surface area contributed by atoms with Gasteiger partial charge in [0.1, 0.15) is 5.56 Å². The van der Waals surface area contributed by atoms with E-state index in [1.54, 1.807) is 19.1 Å². The van der Waals surface area contributed by atoms with Gasteiger partial charge in [0.05, 0.1) is 0 Å². The van der Waals surface area contributed by atoms with Crippen LogP contribution in [0.15, 0.2) is 16.9 Å². The number of nitrogens with one attached hydrogen (secondary N) is 1. The molecule has 13 heavy (non-hydrogen) atoms. The molecule has 0 aliphatic carbocycles. The van der Waals surface area contributed by atoms with Crippen LogP contribution in [0.4, 0.5) is 0 Å². The van der Waals surface area contributed by atoms with Crippen LogP contribution in [0.1, 0.15) is 32.3 Å². The van der Waals surface area contributed by atoms with Crippen LogP contribution in [0.3, 0.4) is 0 Å². The molecule has 0 saturated heterocycles. The molecule has 1 N–H and O–H groups in total. The second-order valence-electron chi connectivity index (χ2n) is 2.58. The van der Waals surface area contributed by atoms with Gasteiger partial charge in [-0.2, -0.15) is 13.0 Å². The zero-order valence-corrected chi connectivity index (χ0v) is 11.3. The van der Waals surface area contributed by atoms with Crippen molar-refractivity contribution in [2.24, 2.45) is 0 Å². The number of hydrogen-bond donors (Lipinski definition) is 1. The summed E-state index contributed by atoms with van der Waals surface area (Å²) in [6.07, 6.45) is 2.67. The summed E-state index contributed by atoms with van der Waals surface area (Å²) in [6, 6.07) is 3.40. The van der Waals surface area contributed by atoms with Crippen LogP contribution in [0.25, 0.3) is 0 Å². The fraction of sp³-hybridized carbons (Fsp3) is 0.400. The molecule has 0 spiro atoms. The van der Waals surface area contributed by atoms with Gasteiger partial charge in [0.15, 0.2) is 0 Å². The second kappa shape index (κ2) is 8.64. The van der Waals surface area contributed by atoms with E-state index in [9.17, 15) is 4.79 Å². The topological polar surface area (TPSA) is 32.9 Å². The Morgan fingerprint density at radius 3 is 2.31 bits per heavy atom. The molecule has 0 aromatic carbocycles. The number of hydrogen-bond acceptors (Lipinski definition) is 1. The Morgan fingerprint density at radius 2 is 2.00 bits per heavy atom. The van der Waals surface area contributed by atoms with Gasteiger partial charge < -0.3 is 16.7 Å². The van der Waals surface area contributed by atoms with Crippen molar-refractivity contribution in [1.29, 1.82) is 0 Å². The van der Waals surface area contributed by atoms with Crippen LogP contribution in [-0.4, -0.2) is 4.98 Å². The van der Waals surface area contributed by atoms with Gasteiger partial charge in [-0.15, -0.1) is 17.8 Å². The monoisotopic (exact) mass is 254 g/mol. The van der Waals surface area contributed by atoms with Crippen LogP contribution in [0.5, 0.6) is 0 Å². The van der Waals surface area contributed by atoms with Crippen molar-refractivity contribution in [2.45, 2.75) is 26.7 Å². The number of aromatic nitrogens is 1. The summed E-state index contributed by atoms with van der Waals surface area (Å²) in [5.74, 6) is 0.401. The second-order valence-corrected chi connectivity index (χ2v) is 2.58. The average Bonchev–Trinajstić information content (AvgIpc) is 2.08.